The quantitative estimate of drug-likeness (QED) is 0.719. The Labute approximate surface area is 97.6 Å². The monoisotopic (exact) mass is 240 g/mol. The molecule has 0 fully saturated rings. The van der Waals surface area contributed by atoms with Crippen LogP contribution in [0.25, 0.3) is 0 Å². The Kier molecular flexibility index (Phi) is 4.59. The molecule has 1 aromatic rings. The number of benzene rings is 1. The smallest absolute Gasteiger partial charge is 0.337 e. The number of aromatic carboxylic acids is 1. The number of amides is 1. The lowest BCUT2D eigenvalue weighted by molar-refractivity contribution is -0.116. The van der Waals surface area contributed by atoms with Crippen molar-refractivity contribution in [1.29, 1.82) is 0 Å². The molecule has 17 heavy (non-hydrogen) atoms. The van der Waals surface area contributed by atoms with E-state index < -0.39 is 17.7 Å². The molecule has 1 amide bonds. The fourth-order valence-electron chi connectivity index (χ4n) is 1.27. The molecule has 0 aliphatic carbocycles. The summed E-state index contributed by atoms with van der Waals surface area (Å²) in [5, 5.41) is 13.9. The van der Waals surface area contributed by atoms with Gasteiger partial charge in [0, 0.05) is 13.0 Å². The largest absolute Gasteiger partial charge is 0.478 e. The predicted octanol–water partition coefficient (Wildman–Crippen LogP) is 1.07. The molecule has 0 saturated heterocycles. The summed E-state index contributed by atoms with van der Waals surface area (Å²) in [4.78, 5) is 22.2. The lowest BCUT2D eigenvalue weighted by Gasteiger charge is -2.09. The fraction of sp³-hybridized carbons (Fsp3) is 0.273. The number of para-hydroxylation sites is 1. The lowest BCUT2D eigenvalue weighted by atomic mass is 10.1. The van der Waals surface area contributed by atoms with E-state index in [0.29, 0.717) is 6.54 Å². The molecule has 0 saturated carbocycles. The van der Waals surface area contributed by atoms with Gasteiger partial charge < -0.3 is 15.7 Å². The number of anilines is 1. The summed E-state index contributed by atoms with van der Waals surface area (Å²) >= 11 is 0. The summed E-state index contributed by atoms with van der Waals surface area (Å²) in [7, 11) is 1.68. The van der Waals surface area contributed by atoms with E-state index in [4.69, 9.17) is 5.11 Å². The molecule has 0 unspecified atom stereocenters. The molecule has 6 heteroatoms. The minimum atomic E-state index is -1.28. The van der Waals surface area contributed by atoms with Gasteiger partial charge in [-0.3, -0.25) is 4.79 Å². The third kappa shape index (κ3) is 3.53. The standard InChI is InChI=1S/C11H13FN2O3/c1-13-6-5-9(15)14-10-7(11(16)17)3-2-4-8(10)12/h2-4,13H,5-6H2,1H3,(H,14,15)(H,16,17). The summed E-state index contributed by atoms with van der Waals surface area (Å²) in [5.74, 6) is -2.48. The van der Waals surface area contributed by atoms with Crippen LogP contribution in [0.4, 0.5) is 10.1 Å². The van der Waals surface area contributed by atoms with Gasteiger partial charge in [-0.05, 0) is 19.2 Å². The van der Waals surface area contributed by atoms with Crippen LogP contribution in [-0.2, 0) is 4.79 Å². The third-order valence-electron chi connectivity index (χ3n) is 2.11. The molecule has 1 rings (SSSR count). The first-order valence-electron chi connectivity index (χ1n) is 5.02. The first-order valence-corrected chi connectivity index (χ1v) is 5.02. The van der Waals surface area contributed by atoms with E-state index in [1.807, 2.05) is 0 Å². The Morgan fingerprint density at radius 2 is 2.12 bits per heavy atom. The van der Waals surface area contributed by atoms with Gasteiger partial charge in [0.25, 0.3) is 0 Å². The summed E-state index contributed by atoms with van der Waals surface area (Å²) < 4.78 is 13.4. The average molecular weight is 240 g/mol. The lowest BCUT2D eigenvalue weighted by Crippen LogP contribution is -2.20. The molecular weight excluding hydrogens is 227 g/mol. The van der Waals surface area contributed by atoms with Crippen molar-refractivity contribution < 1.29 is 19.1 Å². The van der Waals surface area contributed by atoms with E-state index in [9.17, 15) is 14.0 Å². The van der Waals surface area contributed by atoms with Gasteiger partial charge in [-0.1, -0.05) is 6.07 Å². The van der Waals surface area contributed by atoms with Gasteiger partial charge in [0.1, 0.15) is 5.82 Å². The number of nitrogens with one attached hydrogen (secondary N) is 2. The van der Waals surface area contributed by atoms with E-state index in [0.717, 1.165) is 6.07 Å². The number of carbonyl (C=O) groups excluding carboxylic acids is 1. The van der Waals surface area contributed by atoms with Crippen LogP contribution in [0, 0.1) is 5.82 Å². The highest BCUT2D eigenvalue weighted by Gasteiger charge is 2.15. The zero-order chi connectivity index (χ0) is 12.8. The molecule has 1 aromatic carbocycles. The van der Waals surface area contributed by atoms with Crippen molar-refractivity contribution in [3.05, 3.63) is 29.6 Å². The Morgan fingerprint density at radius 1 is 1.41 bits per heavy atom. The maximum absolute atomic E-state index is 13.4. The van der Waals surface area contributed by atoms with Gasteiger partial charge in [0.2, 0.25) is 5.91 Å². The SMILES string of the molecule is CNCCC(=O)Nc1c(F)cccc1C(=O)O. The van der Waals surface area contributed by atoms with Crippen LogP contribution in [0.15, 0.2) is 18.2 Å². The van der Waals surface area contributed by atoms with Crippen molar-refractivity contribution in [3.8, 4) is 0 Å². The van der Waals surface area contributed by atoms with E-state index in [-0.39, 0.29) is 17.7 Å². The first kappa shape index (κ1) is 13.1. The Morgan fingerprint density at radius 3 is 2.71 bits per heavy atom. The highest BCUT2D eigenvalue weighted by molar-refractivity contribution is 6.00. The van der Waals surface area contributed by atoms with Crippen LogP contribution in [0.1, 0.15) is 16.8 Å². The van der Waals surface area contributed by atoms with Crippen molar-refractivity contribution in [2.24, 2.45) is 0 Å². The molecule has 0 spiro atoms. The summed E-state index contributed by atoms with van der Waals surface area (Å²) in [6.45, 7) is 0.433. The molecule has 0 heterocycles. The van der Waals surface area contributed by atoms with Gasteiger partial charge in [-0.15, -0.1) is 0 Å². The fourth-order valence-corrected chi connectivity index (χ4v) is 1.27. The zero-order valence-corrected chi connectivity index (χ0v) is 9.29. The topological polar surface area (TPSA) is 78.4 Å². The maximum Gasteiger partial charge on any atom is 0.337 e. The minimum absolute atomic E-state index is 0.143. The van der Waals surface area contributed by atoms with E-state index in [2.05, 4.69) is 10.6 Å². The molecule has 92 valence electrons. The van der Waals surface area contributed by atoms with Crippen LogP contribution in [0.3, 0.4) is 0 Å². The van der Waals surface area contributed by atoms with Crippen molar-refractivity contribution in [1.82, 2.24) is 5.32 Å². The van der Waals surface area contributed by atoms with Gasteiger partial charge in [0.15, 0.2) is 0 Å². The maximum atomic E-state index is 13.4. The average Bonchev–Trinajstić information content (AvgIpc) is 2.28. The highest BCUT2D eigenvalue weighted by Crippen LogP contribution is 2.19. The molecule has 3 N–H and O–H groups in total. The Bertz CT molecular complexity index is 435. The van der Waals surface area contributed by atoms with E-state index in [1.165, 1.54) is 12.1 Å². The molecule has 0 bridgehead atoms. The zero-order valence-electron chi connectivity index (χ0n) is 9.29. The molecule has 5 nitrogen and oxygen atoms in total. The molecule has 0 radical (unpaired) electrons. The van der Waals surface area contributed by atoms with Crippen LogP contribution >= 0.6 is 0 Å². The van der Waals surface area contributed by atoms with Crippen molar-refractivity contribution in [2.45, 2.75) is 6.42 Å². The van der Waals surface area contributed by atoms with Crippen LogP contribution in [0.2, 0.25) is 0 Å². The van der Waals surface area contributed by atoms with Gasteiger partial charge >= 0.3 is 5.97 Å². The number of carboxylic acid groups (broad SMARTS) is 1. The van der Waals surface area contributed by atoms with E-state index >= 15 is 0 Å². The number of halogens is 1. The second kappa shape index (κ2) is 5.95. The molecule has 0 aliphatic heterocycles. The van der Waals surface area contributed by atoms with Crippen LogP contribution in [-0.4, -0.2) is 30.6 Å². The molecule has 0 aromatic heterocycles. The summed E-state index contributed by atoms with van der Waals surface area (Å²) in [6, 6.07) is 3.61. The Hall–Kier alpha value is -1.95. The number of carbonyl (C=O) groups is 2. The highest BCUT2D eigenvalue weighted by atomic mass is 19.1. The first-order chi connectivity index (χ1) is 8.06. The van der Waals surface area contributed by atoms with Gasteiger partial charge in [-0.25, -0.2) is 9.18 Å². The van der Waals surface area contributed by atoms with Gasteiger partial charge in [-0.2, -0.15) is 0 Å². The second-order valence-corrected chi connectivity index (χ2v) is 3.37. The van der Waals surface area contributed by atoms with Crippen LogP contribution in [0.5, 0.6) is 0 Å². The number of carboxylic acids is 1. The minimum Gasteiger partial charge on any atom is -0.478 e. The predicted molar refractivity (Wildman–Crippen MR) is 60.5 cm³/mol. The summed E-state index contributed by atoms with van der Waals surface area (Å²) in [6.07, 6.45) is 0.143. The van der Waals surface area contributed by atoms with Crippen molar-refractivity contribution in [2.75, 3.05) is 18.9 Å². The molecule has 0 atom stereocenters. The number of hydrogen-bond donors (Lipinski definition) is 3. The van der Waals surface area contributed by atoms with E-state index in [1.54, 1.807) is 7.05 Å². The van der Waals surface area contributed by atoms with Crippen LogP contribution < -0.4 is 10.6 Å². The third-order valence-corrected chi connectivity index (χ3v) is 2.11. The van der Waals surface area contributed by atoms with Gasteiger partial charge in [0.05, 0.1) is 11.3 Å². The summed E-state index contributed by atoms with van der Waals surface area (Å²) in [5.41, 5.74) is -0.552. The molecule has 0 aliphatic rings. The number of rotatable bonds is 5. The van der Waals surface area contributed by atoms with Crippen molar-refractivity contribution in [3.63, 3.8) is 0 Å². The van der Waals surface area contributed by atoms with Crippen molar-refractivity contribution >= 4 is 17.6 Å². The normalized spacial score (nSPS) is 10.0. The number of hydrogen-bond acceptors (Lipinski definition) is 3. The second-order valence-electron chi connectivity index (χ2n) is 3.37. The molecular formula is C11H13FN2O3. The Balaban J connectivity index is 2.89.